The van der Waals surface area contributed by atoms with Crippen LogP contribution in [-0.4, -0.2) is 85.5 Å². The van der Waals surface area contributed by atoms with Crippen LogP contribution < -0.4 is 30.4 Å². The smallest absolute Gasteiger partial charge is 0.242 e. The van der Waals surface area contributed by atoms with Gasteiger partial charge >= 0.3 is 0 Å². The van der Waals surface area contributed by atoms with Gasteiger partial charge in [-0.15, -0.1) is 10.2 Å². The maximum atomic E-state index is 14.6. The second kappa shape index (κ2) is 15.0. The summed E-state index contributed by atoms with van der Waals surface area (Å²) in [6.07, 6.45) is 0. The minimum atomic E-state index is -4.71. The van der Waals surface area contributed by atoms with Crippen molar-refractivity contribution in [2.24, 2.45) is 5.73 Å². The molecule has 19 heteroatoms. The molecule has 6 aromatic rings. The molecule has 0 aliphatic rings. The molecule has 0 bridgehead atoms. The number of nitrogen functional groups attached to an aromatic ring is 1. The van der Waals surface area contributed by atoms with E-state index >= 15 is 0 Å². The van der Waals surface area contributed by atoms with Gasteiger partial charge in [0.25, 0.3) is 0 Å². The second-order valence-corrected chi connectivity index (χ2v) is 15.0. The maximum absolute atomic E-state index is 14.6. The van der Waals surface area contributed by atoms with Gasteiger partial charge < -0.3 is 31.0 Å². The Labute approximate surface area is 299 Å². The third kappa shape index (κ3) is 7.73. The summed E-state index contributed by atoms with van der Waals surface area (Å²) < 4.78 is 72.3. The van der Waals surface area contributed by atoms with Gasteiger partial charge in [-0.05, 0) is 58.3 Å². The van der Waals surface area contributed by atoms with Crippen LogP contribution in [0.4, 0.5) is 5.95 Å². The lowest BCUT2D eigenvalue weighted by Gasteiger charge is -2.19. The summed E-state index contributed by atoms with van der Waals surface area (Å²) in [5, 5.41) is 22.4. The second-order valence-electron chi connectivity index (χ2n) is 11.6. The Hall–Kier alpha value is -5.44. The van der Waals surface area contributed by atoms with Gasteiger partial charge in [-0.3, -0.25) is 0 Å². The van der Waals surface area contributed by atoms with Crippen LogP contribution in [-0.2, 0) is 33.1 Å². The van der Waals surface area contributed by atoms with E-state index in [2.05, 4.69) is 34.8 Å². The van der Waals surface area contributed by atoms with Gasteiger partial charge in [0.1, 0.15) is 21.3 Å². The van der Waals surface area contributed by atoms with E-state index in [0.29, 0.717) is 33.7 Å². The van der Waals surface area contributed by atoms with Crippen LogP contribution in [0.15, 0.2) is 88.7 Å². The van der Waals surface area contributed by atoms with Crippen molar-refractivity contribution in [2.75, 3.05) is 33.1 Å². The van der Waals surface area contributed by atoms with Crippen LogP contribution in [0.1, 0.15) is 11.1 Å². The van der Waals surface area contributed by atoms with Crippen molar-refractivity contribution in [1.82, 2.24) is 39.6 Å². The lowest BCUT2D eigenvalue weighted by atomic mass is 9.98. The first kappa shape index (κ1) is 36.4. The molecule has 8 N–H and O–H groups in total. The van der Waals surface area contributed by atoms with E-state index < -0.39 is 42.5 Å². The van der Waals surface area contributed by atoms with E-state index in [4.69, 9.17) is 20.9 Å². The average Bonchev–Trinajstić information content (AvgIpc) is 3.78. The number of fused-ring (bicyclic) bond motifs is 1. The molecule has 2 heterocycles. The molecule has 0 radical (unpaired) electrons. The van der Waals surface area contributed by atoms with Crippen molar-refractivity contribution in [3.05, 3.63) is 90.0 Å². The number of ether oxygens (including phenoxy) is 2. The van der Waals surface area contributed by atoms with Gasteiger partial charge in [-0.1, -0.05) is 42.5 Å². The standard InChI is InChI=1S/C33H36N10O7S2/c1-49-23-10-6-20(7-11-23)16-36-52(47,48)31-28(51(45,46)37-17-22(34)19-44)15-14-25(26-4-3-5-27-30(26)39-33(35)38-27)29(31)32-40-42-43(41-32)18-21-8-12-24(50-2)13-9-21/h3-15,22,36-37,44H,16-19,34H2,1-2H3,(H3,35,38,39)/t22-/m1/s1. The largest absolute Gasteiger partial charge is 0.497 e. The number of para-hydroxylation sites is 1. The number of methoxy groups -OCH3 is 2. The lowest BCUT2D eigenvalue weighted by Crippen LogP contribution is -2.40. The minimum Gasteiger partial charge on any atom is -0.497 e. The fraction of sp³-hybridized carbons (Fsp3) is 0.212. The topological polar surface area (TPSA) is 255 Å². The van der Waals surface area contributed by atoms with Gasteiger partial charge in [0.2, 0.25) is 25.9 Å². The number of aliphatic hydroxyl groups is 1. The fourth-order valence-electron chi connectivity index (χ4n) is 5.41. The molecular formula is C33H36N10O7S2. The molecule has 0 unspecified atom stereocenters. The summed E-state index contributed by atoms with van der Waals surface area (Å²) in [6.45, 7) is -0.953. The van der Waals surface area contributed by atoms with Crippen molar-refractivity contribution in [1.29, 1.82) is 0 Å². The monoisotopic (exact) mass is 748 g/mol. The molecule has 0 saturated carbocycles. The third-order valence-electron chi connectivity index (χ3n) is 8.06. The minimum absolute atomic E-state index is 0.116. The molecule has 0 fully saturated rings. The quantitative estimate of drug-likeness (QED) is 0.0874. The van der Waals surface area contributed by atoms with Crippen molar-refractivity contribution in [3.8, 4) is 34.0 Å². The molecule has 272 valence electrons. The number of H-pyrrole nitrogens is 1. The number of aliphatic hydroxyl groups excluding tert-OH is 1. The van der Waals surface area contributed by atoms with E-state index in [0.717, 1.165) is 5.56 Å². The third-order valence-corrected chi connectivity index (χ3v) is 11.1. The normalized spacial score (nSPS) is 12.6. The van der Waals surface area contributed by atoms with Crippen LogP contribution in [0.2, 0.25) is 0 Å². The zero-order chi connectivity index (χ0) is 37.0. The first-order valence-electron chi connectivity index (χ1n) is 15.7. The molecule has 0 spiro atoms. The maximum Gasteiger partial charge on any atom is 0.242 e. The number of nitrogens with two attached hydrogens (primary N) is 2. The van der Waals surface area contributed by atoms with E-state index in [9.17, 15) is 21.9 Å². The number of hydrogen-bond acceptors (Lipinski definition) is 13. The van der Waals surface area contributed by atoms with Gasteiger partial charge in [0, 0.05) is 24.7 Å². The molecule has 0 aliphatic carbocycles. The Morgan fingerprint density at radius 2 is 1.54 bits per heavy atom. The molecule has 1 atom stereocenters. The highest BCUT2D eigenvalue weighted by Crippen LogP contribution is 2.41. The summed E-state index contributed by atoms with van der Waals surface area (Å²) in [5.74, 6) is 1.15. The number of hydrogen-bond donors (Lipinski definition) is 6. The number of tetrazole rings is 1. The summed E-state index contributed by atoms with van der Waals surface area (Å²) in [4.78, 5) is 7.38. The number of aromatic nitrogens is 6. The summed E-state index contributed by atoms with van der Waals surface area (Å²) >= 11 is 0. The van der Waals surface area contributed by atoms with Crippen molar-refractivity contribution >= 4 is 37.0 Å². The van der Waals surface area contributed by atoms with Crippen LogP contribution >= 0.6 is 0 Å². The average molecular weight is 749 g/mol. The summed E-state index contributed by atoms with van der Waals surface area (Å²) in [6, 6.07) is 20.6. The summed E-state index contributed by atoms with van der Waals surface area (Å²) in [5.41, 5.74) is 14.6. The van der Waals surface area contributed by atoms with Crippen LogP contribution in [0, 0.1) is 0 Å². The van der Waals surface area contributed by atoms with E-state index in [1.165, 1.54) is 24.0 Å². The van der Waals surface area contributed by atoms with Gasteiger partial charge in [0.05, 0.1) is 44.0 Å². The summed E-state index contributed by atoms with van der Waals surface area (Å²) in [7, 11) is -6.25. The Morgan fingerprint density at radius 1 is 0.865 bits per heavy atom. The van der Waals surface area contributed by atoms with E-state index in [1.54, 1.807) is 61.7 Å². The first-order valence-corrected chi connectivity index (χ1v) is 18.7. The van der Waals surface area contributed by atoms with Crippen LogP contribution in [0.25, 0.3) is 33.5 Å². The Kier molecular flexibility index (Phi) is 10.5. The van der Waals surface area contributed by atoms with Crippen LogP contribution in [0.5, 0.6) is 11.5 Å². The van der Waals surface area contributed by atoms with Gasteiger partial charge in [-0.2, -0.15) is 4.80 Å². The number of nitrogens with one attached hydrogen (secondary N) is 3. The Balaban J connectivity index is 1.57. The molecule has 17 nitrogen and oxygen atoms in total. The highest BCUT2D eigenvalue weighted by molar-refractivity contribution is 7.92. The van der Waals surface area contributed by atoms with Gasteiger partial charge in [0.15, 0.2) is 5.95 Å². The molecule has 52 heavy (non-hydrogen) atoms. The molecule has 2 aromatic heterocycles. The number of aromatic amines is 1. The van der Waals surface area contributed by atoms with E-state index in [-0.39, 0.29) is 42.5 Å². The Morgan fingerprint density at radius 3 is 2.19 bits per heavy atom. The number of imidazole rings is 1. The molecule has 0 aliphatic heterocycles. The van der Waals surface area contributed by atoms with Crippen molar-refractivity contribution in [2.45, 2.75) is 28.9 Å². The number of benzene rings is 4. The SMILES string of the molecule is COc1ccc(CNS(=O)(=O)c2c(S(=O)(=O)NC[C@@H](N)CO)ccc(-c3cccc4[nH]c(N)nc34)c2-c2nnn(Cc3ccc(OC)cc3)n2)cc1. The van der Waals surface area contributed by atoms with Crippen molar-refractivity contribution in [3.63, 3.8) is 0 Å². The zero-order valence-electron chi connectivity index (χ0n) is 28.0. The molecule has 6 rings (SSSR count). The van der Waals surface area contributed by atoms with Gasteiger partial charge in [-0.25, -0.2) is 31.3 Å². The molecule has 0 amide bonds. The lowest BCUT2D eigenvalue weighted by molar-refractivity contribution is 0.266. The number of anilines is 1. The molecule has 0 saturated heterocycles. The fourth-order valence-corrected chi connectivity index (χ4v) is 8.56. The van der Waals surface area contributed by atoms with Crippen LogP contribution in [0.3, 0.4) is 0 Å². The highest BCUT2D eigenvalue weighted by atomic mass is 32.2. The first-order chi connectivity index (χ1) is 24.9. The molecule has 4 aromatic carbocycles. The number of sulfonamides is 2. The molecular weight excluding hydrogens is 713 g/mol. The van der Waals surface area contributed by atoms with E-state index in [1.807, 2.05) is 12.1 Å². The van der Waals surface area contributed by atoms with Crippen molar-refractivity contribution < 1.29 is 31.4 Å². The zero-order valence-corrected chi connectivity index (χ0v) is 29.6. The number of rotatable bonds is 15. The Bertz CT molecular complexity index is 2420. The predicted molar refractivity (Wildman–Crippen MR) is 192 cm³/mol. The highest BCUT2D eigenvalue weighted by Gasteiger charge is 2.34. The predicted octanol–water partition coefficient (Wildman–Crippen LogP) is 1.61. The number of nitrogens with zero attached hydrogens (tertiary/aromatic N) is 5.